The normalized spacial score (nSPS) is 25.7. The highest BCUT2D eigenvalue weighted by Gasteiger charge is 2.40. The first kappa shape index (κ1) is 14.5. The molecule has 0 bridgehead atoms. The SMILES string of the molecule is Cc1noc(C)c1S(=O)(=O)N1C(C)CCCC1CN. The van der Waals surface area contributed by atoms with E-state index in [4.69, 9.17) is 10.3 Å². The smallest absolute Gasteiger partial charge is 0.249 e. The monoisotopic (exact) mass is 287 g/mol. The summed E-state index contributed by atoms with van der Waals surface area (Å²) >= 11 is 0. The molecular weight excluding hydrogens is 266 g/mol. The Labute approximate surface area is 114 Å². The topological polar surface area (TPSA) is 89.4 Å². The minimum Gasteiger partial charge on any atom is -0.360 e. The molecule has 1 fully saturated rings. The van der Waals surface area contributed by atoms with E-state index in [1.54, 1.807) is 18.2 Å². The van der Waals surface area contributed by atoms with Crippen molar-refractivity contribution in [2.45, 2.75) is 57.0 Å². The number of sulfonamides is 1. The Hall–Kier alpha value is -0.920. The standard InChI is InChI=1S/C12H21N3O3S/c1-8-5-4-6-11(7-13)15(8)19(16,17)12-9(2)14-18-10(12)3/h8,11H,4-7,13H2,1-3H3. The van der Waals surface area contributed by atoms with Gasteiger partial charge in [0.05, 0.1) is 0 Å². The predicted octanol–water partition coefficient (Wildman–Crippen LogP) is 1.18. The van der Waals surface area contributed by atoms with E-state index in [9.17, 15) is 8.42 Å². The fourth-order valence-corrected chi connectivity index (χ4v) is 5.05. The number of nitrogens with two attached hydrogens (primary N) is 1. The third-order valence-corrected chi connectivity index (χ3v) is 6.04. The van der Waals surface area contributed by atoms with Crippen molar-refractivity contribution >= 4 is 10.0 Å². The van der Waals surface area contributed by atoms with Gasteiger partial charge in [-0.1, -0.05) is 11.6 Å². The van der Waals surface area contributed by atoms with E-state index >= 15 is 0 Å². The quantitative estimate of drug-likeness (QED) is 0.901. The van der Waals surface area contributed by atoms with Crippen LogP contribution in [0.5, 0.6) is 0 Å². The van der Waals surface area contributed by atoms with Crippen LogP contribution in [0.1, 0.15) is 37.6 Å². The van der Waals surface area contributed by atoms with Gasteiger partial charge in [-0.25, -0.2) is 8.42 Å². The highest BCUT2D eigenvalue weighted by molar-refractivity contribution is 7.89. The summed E-state index contributed by atoms with van der Waals surface area (Å²) in [5.74, 6) is 0.339. The average Bonchev–Trinajstić information content (AvgIpc) is 2.68. The molecule has 2 atom stereocenters. The van der Waals surface area contributed by atoms with E-state index in [0.717, 1.165) is 19.3 Å². The molecule has 1 aromatic rings. The number of aryl methyl sites for hydroxylation is 2. The van der Waals surface area contributed by atoms with Crippen molar-refractivity contribution in [3.05, 3.63) is 11.5 Å². The van der Waals surface area contributed by atoms with Gasteiger partial charge in [0.15, 0.2) is 5.76 Å². The lowest BCUT2D eigenvalue weighted by Gasteiger charge is -2.38. The van der Waals surface area contributed by atoms with Gasteiger partial charge in [-0.15, -0.1) is 0 Å². The number of aromatic nitrogens is 1. The highest BCUT2D eigenvalue weighted by atomic mass is 32.2. The van der Waals surface area contributed by atoms with Crippen LogP contribution in [-0.4, -0.2) is 36.5 Å². The van der Waals surface area contributed by atoms with Crippen LogP contribution in [0.15, 0.2) is 9.42 Å². The van der Waals surface area contributed by atoms with Crippen LogP contribution in [0, 0.1) is 13.8 Å². The van der Waals surface area contributed by atoms with E-state index < -0.39 is 10.0 Å². The van der Waals surface area contributed by atoms with Crippen molar-refractivity contribution in [1.82, 2.24) is 9.46 Å². The van der Waals surface area contributed by atoms with Crippen LogP contribution in [0.25, 0.3) is 0 Å². The summed E-state index contributed by atoms with van der Waals surface area (Å²) in [5.41, 5.74) is 6.15. The zero-order valence-electron chi connectivity index (χ0n) is 11.6. The molecule has 0 saturated carbocycles. The Morgan fingerprint density at radius 1 is 1.42 bits per heavy atom. The van der Waals surface area contributed by atoms with Crippen LogP contribution in [-0.2, 0) is 10.0 Å². The number of hydrogen-bond acceptors (Lipinski definition) is 5. The van der Waals surface area contributed by atoms with Gasteiger partial charge in [-0.3, -0.25) is 0 Å². The summed E-state index contributed by atoms with van der Waals surface area (Å²) < 4.78 is 32.2. The molecule has 2 unspecified atom stereocenters. The van der Waals surface area contributed by atoms with Gasteiger partial charge < -0.3 is 10.3 Å². The molecule has 2 heterocycles. The fourth-order valence-electron chi connectivity index (χ4n) is 2.87. The zero-order valence-corrected chi connectivity index (χ0v) is 12.4. The van der Waals surface area contributed by atoms with E-state index in [1.807, 2.05) is 6.92 Å². The molecule has 1 aliphatic heterocycles. The minimum absolute atomic E-state index is 0.0407. The first-order chi connectivity index (χ1) is 8.89. The fraction of sp³-hybridized carbons (Fsp3) is 0.750. The van der Waals surface area contributed by atoms with Crippen LogP contribution in [0.2, 0.25) is 0 Å². The summed E-state index contributed by atoms with van der Waals surface area (Å²) in [6, 6.07) is -0.177. The average molecular weight is 287 g/mol. The van der Waals surface area contributed by atoms with Crippen molar-refractivity contribution in [2.75, 3.05) is 6.54 Å². The molecule has 1 aromatic heterocycles. The summed E-state index contributed by atoms with van der Waals surface area (Å²) in [4.78, 5) is 0.194. The maximum atomic E-state index is 12.8. The molecule has 0 spiro atoms. The lowest BCUT2D eigenvalue weighted by atomic mass is 10.00. The number of nitrogens with zero attached hydrogens (tertiary/aromatic N) is 2. The molecular formula is C12H21N3O3S. The molecule has 2 rings (SSSR count). The van der Waals surface area contributed by atoms with E-state index in [-0.39, 0.29) is 17.0 Å². The second-order valence-electron chi connectivity index (χ2n) is 5.16. The molecule has 108 valence electrons. The Kier molecular flexibility index (Phi) is 3.98. The first-order valence-electron chi connectivity index (χ1n) is 6.56. The molecule has 0 amide bonds. The molecule has 0 radical (unpaired) electrons. The summed E-state index contributed by atoms with van der Waals surface area (Å²) in [5, 5.41) is 3.74. The third-order valence-electron chi connectivity index (χ3n) is 3.73. The van der Waals surface area contributed by atoms with Crippen molar-refractivity contribution in [1.29, 1.82) is 0 Å². The lowest BCUT2D eigenvalue weighted by molar-refractivity contribution is 0.195. The van der Waals surface area contributed by atoms with Gasteiger partial charge in [0.1, 0.15) is 10.6 Å². The minimum atomic E-state index is -3.59. The summed E-state index contributed by atoms with van der Waals surface area (Å²) in [7, 11) is -3.59. The van der Waals surface area contributed by atoms with E-state index in [0.29, 0.717) is 18.0 Å². The largest absolute Gasteiger partial charge is 0.360 e. The van der Waals surface area contributed by atoms with Crippen LogP contribution in [0.4, 0.5) is 0 Å². The Morgan fingerprint density at radius 2 is 2.11 bits per heavy atom. The maximum Gasteiger partial charge on any atom is 0.249 e. The second kappa shape index (κ2) is 5.22. The molecule has 6 nitrogen and oxygen atoms in total. The second-order valence-corrected chi connectivity index (χ2v) is 6.94. The van der Waals surface area contributed by atoms with Crippen molar-refractivity contribution < 1.29 is 12.9 Å². The summed E-state index contributed by atoms with van der Waals surface area (Å²) in [6.45, 7) is 5.54. The van der Waals surface area contributed by atoms with Crippen molar-refractivity contribution in [3.8, 4) is 0 Å². The van der Waals surface area contributed by atoms with E-state index in [2.05, 4.69) is 5.16 Å². The van der Waals surface area contributed by atoms with Gasteiger partial charge in [0.2, 0.25) is 10.0 Å². The molecule has 2 N–H and O–H groups in total. The molecule has 19 heavy (non-hydrogen) atoms. The lowest BCUT2D eigenvalue weighted by Crippen LogP contribution is -2.51. The van der Waals surface area contributed by atoms with Gasteiger partial charge in [0.25, 0.3) is 0 Å². The van der Waals surface area contributed by atoms with Gasteiger partial charge in [0, 0.05) is 18.6 Å². The van der Waals surface area contributed by atoms with Crippen LogP contribution >= 0.6 is 0 Å². The third kappa shape index (κ3) is 2.42. The summed E-state index contributed by atoms with van der Waals surface area (Å²) in [6.07, 6.45) is 2.68. The Bertz CT molecular complexity index is 533. The van der Waals surface area contributed by atoms with Crippen LogP contribution in [0.3, 0.4) is 0 Å². The number of hydrogen-bond donors (Lipinski definition) is 1. The zero-order chi connectivity index (χ0) is 14.2. The van der Waals surface area contributed by atoms with Crippen molar-refractivity contribution in [2.24, 2.45) is 5.73 Å². The molecule has 1 aliphatic rings. The molecule has 1 saturated heterocycles. The Morgan fingerprint density at radius 3 is 2.63 bits per heavy atom. The highest BCUT2D eigenvalue weighted by Crippen LogP contribution is 2.31. The molecule has 0 aliphatic carbocycles. The van der Waals surface area contributed by atoms with Crippen molar-refractivity contribution in [3.63, 3.8) is 0 Å². The van der Waals surface area contributed by atoms with Crippen LogP contribution < -0.4 is 5.73 Å². The molecule has 7 heteroatoms. The van der Waals surface area contributed by atoms with E-state index in [1.165, 1.54) is 0 Å². The van der Waals surface area contributed by atoms with Gasteiger partial charge in [-0.2, -0.15) is 4.31 Å². The maximum absolute atomic E-state index is 12.8. The number of piperidine rings is 1. The predicted molar refractivity (Wildman–Crippen MR) is 71.2 cm³/mol. The number of rotatable bonds is 3. The first-order valence-corrected chi connectivity index (χ1v) is 8.00. The Balaban J connectivity index is 2.48. The van der Waals surface area contributed by atoms with Gasteiger partial charge >= 0.3 is 0 Å². The van der Waals surface area contributed by atoms with Gasteiger partial charge in [-0.05, 0) is 33.6 Å². The molecule has 0 aromatic carbocycles.